The lowest BCUT2D eigenvalue weighted by Crippen LogP contribution is -2.35. The van der Waals surface area contributed by atoms with Crippen LogP contribution in [0.2, 0.25) is 0 Å². The van der Waals surface area contributed by atoms with Crippen LogP contribution in [0, 0.1) is 0 Å². The van der Waals surface area contributed by atoms with Crippen molar-refractivity contribution in [2.24, 2.45) is 0 Å². The molecule has 2 atom stereocenters. The highest BCUT2D eigenvalue weighted by atomic mass is 79.9. The molecule has 5 heteroatoms. The summed E-state index contributed by atoms with van der Waals surface area (Å²) in [6, 6.07) is 13.0. The molecule has 2 N–H and O–H groups in total. The lowest BCUT2D eigenvalue weighted by Gasteiger charge is -2.17. The van der Waals surface area contributed by atoms with Gasteiger partial charge in [0.15, 0.2) is 0 Å². The molecule has 0 aliphatic carbocycles. The van der Waals surface area contributed by atoms with E-state index in [0.29, 0.717) is 19.1 Å². The Bertz CT molecular complexity index is 800. The van der Waals surface area contributed by atoms with E-state index in [0.717, 1.165) is 26.4 Å². The fourth-order valence-corrected chi connectivity index (χ4v) is 3.72. The van der Waals surface area contributed by atoms with Gasteiger partial charge in [-0.05, 0) is 49.7 Å². The van der Waals surface area contributed by atoms with E-state index < -0.39 is 6.10 Å². The Morgan fingerprint density at radius 2 is 1.58 bits per heavy atom. The maximum absolute atomic E-state index is 10.5. The van der Waals surface area contributed by atoms with Gasteiger partial charge in [0.1, 0.15) is 0 Å². The summed E-state index contributed by atoms with van der Waals surface area (Å²) in [7, 11) is 0. The number of hydrogen-bond donors (Lipinski definition) is 2. The summed E-state index contributed by atoms with van der Waals surface area (Å²) >= 11 is 7.13. The van der Waals surface area contributed by atoms with Crippen LogP contribution in [0.3, 0.4) is 0 Å². The number of benzene rings is 2. The molecule has 2 aromatic carbocycles. The Hall–Kier alpha value is -0.880. The Balaban J connectivity index is 1.99. The van der Waals surface area contributed by atoms with Crippen molar-refractivity contribution < 1.29 is 5.11 Å². The van der Waals surface area contributed by atoms with Crippen molar-refractivity contribution in [3.8, 4) is 0 Å². The molecular formula is C19H22Br2N2O. The predicted octanol–water partition coefficient (Wildman–Crippen LogP) is 5.07. The molecule has 3 aromatic rings. The number of rotatable bonds is 6. The Morgan fingerprint density at radius 1 is 1.04 bits per heavy atom. The molecule has 3 nitrogen and oxygen atoms in total. The second kappa shape index (κ2) is 7.56. The third-order valence-electron chi connectivity index (χ3n) is 4.50. The zero-order valence-corrected chi connectivity index (χ0v) is 17.1. The smallest absolute Gasteiger partial charge is 0.0843 e. The molecule has 0 bridgehead atoms. The molecule has 24 heavy (non-hydrogen) atoms. The van der Waals surface area contributed by atoms with E-state index in [4.69, 9.17) is 0 Å². The molecular weight excluding hydrogens is 432 g/mol. The standard InChI is InChI=1S/C19H22Br2N2O/c1-3-12(2)22-10-15(24)11-23-18-6-4-13(20)8-16(18)17-9-14(21)5-7-19(17)23/h4-9,12,15,22,24H,3,10-11H2,1-2H3. The lowest BCUT2D eigenvalue weighted by molar-refractivity contribution is 0.150. The molecule has 0 saturated heterocycles. The highest BCUT2D eigenvalue weighted by molar-refractivity contribution is 9.10. The third-order valence-corrected chi connectivity index (χ3v) is 5.48. The molecule has 0 aliphatic heterocycles. The van der Waals surface area contributed by atoms with E-state index in [1.807, 2.05) is 0 Å². The lowest BCUT2D eigenvalue weighted by atomic mass is 10.2. The van der Waals surface area contributed by atoms with Crippen molar-refractivity contribution in [2.45, 2.75) is 39.0 Å². The first-order chi connectivity index (χ1) is 11.5. The number of aliphatic hydroxyl groups excluding tert-OH is 1. The fraction of sp³-hybridized carbons (Fsp3) is 0.368. The minimum absolute atomic E-state index is 0.421. The van der Waals surface area contributed by atoms with Gasteiger partial charge in [0.25, 0.3) is 0 Å². The summed E-state index contributed by atoms with van der Waals surface area (Å²) in [4.78, 5) is 0. The van der Waals surface area contributed by atoms with Crippen molar-refractivity contribution in [2.75, 3.05) is 6.54 Å². The fourth-order valence-electron chi connectivity index (χ4n) is 3.00. The van der Waals surface area contributed by atoms with Gasteiger partial charge in [0, 0.05) is 43.3 Å². The largest absolute Gasteiger partial charge is 0.390 e. The monoisotopic (exact) mass is 452 g/mol. The first-order valence-corrected chi connectivity index (χ1v) is 9.86. The summed E-state index contributed by atoms with van der Waals surface area (Å²) in [5.74, 6) is 0. The van der Waals surface area contributed by atoms with Crippen LogP contribution < -0.4 is 5.32 Å². The van der Waals surface area contributed by atoms with Crippen molar-refractivity contribution in [3.63, 3.8) is 0 Å². The van der Waals surface area contributed by atoms with Crippen molar-refractivity contribution in [1.29, 1.82) is 0 Å². The topological polar surface area (TPSA) is 37.2 Å². The Morgan fingerprint density at radius 3 is 2.08 bits per heavy atom. The van der Waals surface area contributed by atoms with Crippen LogP contribution in [0.25, 0.3) is 21.8 Å². The summed E-state index contributed by atoms with van der Waals surface area (Å²) in [6.07, 6.45) is 0.634. The molecule has 2 unspecified atom stereocenters. The average molecular weight is 454 g/mol. The second-order valence-corrected chi connectivity index (χ2v) is 8.14. The van der Waals surface area contributed by atoms with Gasteiger partial charge in [-0.3, -0.25) is 0 Å². The maximum Gasteiger partial charge on any atom is 0.0843 e. The van der Waals surface area contributed by atoms with Crippen LogP contribution in [0.15, 0.2) is 45.3 Å². The summed E-state index contributed by atoms with van der Waals surface area (Å²) in [5, 5.41) is 16.3. The number of nitrogens with one attached hydrogen (secondary N) is 1. The van der Waals surface area contributed by atoms with Crippen molar-refractivity contribution in [1.82, 2.24) is 9.88 Å². The molecule has 0 spiro atoms. The molecule has 0 saturated carbocycles. The van der Waals surface area contributed by atoms with Gasteiger partial charge in [-0.25, -0.2) is 0 Å². The van der Waals surface area contributed by atoms with Crippen LogP contribution in [-0.4, -0.2) is 28.4 Å². The van der Waals surface area contributed by atoms with Gasteiger partial charge in [0.05, 0.1) is 12.6 Å². The summed E-state index contributed by atoms with van der Waals surface area (Å²) < 4.78 is 4.34. The zero-order chi connectivity index (χ0) is 17.3. The van der Waals surface area contributed by atoms with E-state index in [1.54, 1.807) is 0 Å². The number of fused-ring (bicyclic) bond motifs is 3. The van der Waals surface area contributed by atoms with Crippen molar-refractivity contribution >= 4 is 53.7 Å². The molecule has 1 heterocycles. The number of hydrogen-bond acceptors (Lipinski definition) is 2. The molecule has 0 fully saturated rings. The van der Waals surface area contributed by atoms with Crippen LogP contribution in [-0.2, 0) is 6.54 Å². The third kappa shape index (κ3) is 3.69. The molecule has 128 valence electrons. The van der Waals surface area contributed by atoms with Crippen LogP contribution in [0.4, 0.5) is 0 Å². The minimum Gasteiger partial charge on any atom is -0.390 e. The molecule has 0 amide bonds. The molecule has 1 aromatic heterocycles. The highest BCUT2D eigenvalue weighted by Gasteiger charge is 2.15. The van der Waals surface area contributed by atoms with E-state index in [-0.39, 0.29) is 0 Å². The average Bonchev–Trinajstić information content (AvgIpc) is 2.85. The van der Waals surface area contributed by atoms with Gasteiger partial charge < -0.3 is 15.0 Å². The second-order valence-electron chi connectivity index (χ2n) is 6.30. The predicted molar refractivity (Wildman–Crippen MR) is 109 cm³/mol. The van der Waals surface area contributed by atoms with Gasteiger partial charge in [-0.15, -0.1) is 0 Å². The molecule has 0 radical (unpaired) electrons. The minimum atomic E-state index is -0.426. The van der Waals surface area contributed by atoms with E-state index in [2.05, 4.69) is 92.0 Å². The van der Waals surface area contributed by atoms with Gasteiger partial charge >= 0.3 is 0 Å². The van der Waals surface area contributed by atoms with Gasteiger partial charge in [-0.2, -0.15) is 0 Å². The highest BCUT2D eigenvalue weighted by Crippen LogP contribution is 2.33. The SMILES string of the molecule is CCC(C)NCC(O)Cn1c2ccc(Br)cc2c2cc(Br)ccc21. The Kier molecular flexibility index (Phi) is 5.65. The first kappa shape index (κ1) is 17.9. The zero-order valence-electron chi connectivity index (χ0n) is 13.9. The van der Waals surface area contributed by atoms with Crippen molar-refractivity contribution in [3.05, 3.63) is 45.3 Å². The number of aliphatic hydroxyl groups is 1. The van der Waals surface area contributed by atoms with Crippen LogP contribution in [0.1, 0.15) is 20.3 Å². The van der Waals surface area contributed by atoms with Gasteiger partial charge in [0.2, 0.25) is 0 Å². The number of aromatic nitrogens is 1. The normalized spacial score (nSPS) is 14.4. The van der Waals surface area contributed by atoms with Crippen LogP contribution in [0.5, 0.6) is 0 Å². The maximum atomic E-state index is 10.5. The summed E-state index contributed by atoms with van der Waals surface area (Å²) in [6.45, 7) is 5.46. The molecule has 3 rings (SSSR count). The quantitative estimate of drug-likeness (QED) is 0.546. The molecule has 0 aliphatic rings. The van der Waals surface area contributed by atoms with Gasteiger partial charge in [-0.1, -0.05) is 38.8 Å². The van der Waals surface area contributed by atoms with E-state index in [9.17, 15) is 5.11 Å². The van der Waals surface area contributed by atoms with E-state index >= 15 is 0 Å². The van der Waals surface area contributed by atoms with Crippen LogP contribution >= 0.6 is 31.9 Å². The first-order valence-electron chi connectivity index (χ1n) is 8.28. The number of halogens is 2. The summed E-state index contributed by atoms with van der Waals surface area (Å²) in [5.41, 5.74) is 2.29. The number of nitrogens with zero attached hydrogens (tertiary/aromatic N) is 1. The van der Waals surface area contributed by atoms with E-state index in [1.165, 1.54) is 10.8 Å². The Labute approximate surface area is 159 Å².